The van der Waals surface area contributed by atoms with Crippen molar-refractivity contribution in [3.8, 4) is 6.07 Å². The number of anilines is 1. The first kappa shape index (κ1) is 21.8. The lowest BCUT2D eigenvalue weighted by Gasteiger charge is -2.60. The number of carbonyl (C=O) groups is 2. The molecule has 7 heteroatoms. The SMILES string of the molecule is C[NH+](CC(=O)Nc1cccc(F)c1)CC(=O)N(CCC#N)C12CC3CC(CC(C3)C1)C2. The maximum atomic E-state index is 13.4. The first-order chi connectivity index (χ1) is 14.9. The Morgan fingerprint density at radius 3 is 2.42 bits per heavy atom. The van der Waals surface area contributed by atoms with E-state index in [9.17, 15) is 14.0 Å². The quantitative estimate of drug-likeness (QED) is 0.666. The van der Waals surface area contributed by atoms with Crippen LogP contribution in [0, 0.1) is 34.9 Å². The van der Waals surface area contributed by atoms with Crippen molar-refractivity contribution in [2.45, 2.75) is 50.5 Å². The molecule has 6 nitrogen and oxygen atoms in total. The lowest BCUT2D eigenvalue weighted by atomic mass is 9.52. The molecule has 1 unspecified atom stereocenters. The molecule has 4 bridgehead atoms. The molecule has 4 saturated carbocycles. The molecule has 4 aliphatic rings. The number of hydrogen-bond donors (Lipinski definition) is 2. The lowest BCUT2D eigenvalue weighted by Crippen LogP contribution is -3.11. The van der Waals surface area contributed by atoms with Crippen molar-refractivity contribution in [2.24, 2.45) is 17.8 Å². The van der Waals surface area contributed by atoms with Gasteiger partial charge in [-0.3, -0.25) is 9.59 Å². The number of halogens is 1. The zero-order valence-corrected chi connectivity index (χ0v) is 18.2. The van der Waals surface area contributed by atoms with E-state index in [1.807, 2.05) is 11.9 Å². The summed E-state index contributed by atoms with van der Waals surface area (Å²) in [6.07, 6.45) is 7.42. The minimum Gasteiger partial charge on any atom is -0.331 e. The maximum absolute atomic E-state index is 13.4. The number of likely N-dealkylation sites (N-methyl/N-ethyl adjacent to an activating group) is 1. The van der Waals surface area contributed by atoms with Gasteiger partial charge in [0.1, 0.15) is 5.82 Å². The monoisotopic (exact) mass is 427 g/mol. The smallest absolute Gasteiger partial charge is 0.279 e. The molecule has 4 aliphatic carbocycles. The summed E-state index contributed by atoms with van der Waals surface area (Å²) >= 11 is 0. The van der Waals surface area contributed by atoms with Gasteiger partial charge in [0, 0.05) is 17.8 Å². The second-order valence-electron chi connectivity index (χ2n) is 9.96. The number of nitrogens with zero attached hydrogens (tertiary/aromatic N) is 2. The fourth-order valence-corrected chi connectivity index (χ4v) is 6.65. The highest BCUT2D eigenvalue weighted by atomic mass is 19.1. The molecule has 1 aromatic rings. The van der Waals surface area contributed by atoms with Gasteiger partial charge in [0.25, 0.3) is 11.8 Å². The van der Waals surface area contributed by atoms with Gasteiger partial charge in [0.15, 0.2) is 13.1 Å². The molecule has 0 saturated heterocycles. The molecule has 0 heterocycles. The van der Waals surface area contributed by atoms with Crippen LogP contribution in [0.15, 0.2) is 24.3 Å². The van der Waals surface area contributed by atoms with Gasteiger partial charge in [-0.05, 0) is 74.5 Å². The van der Waals surface area contributed by atoms with Gasteiger partial charge in [0.2, 0.25) is 0 Å². The first-order valence-corrected chi connectivity index (χ1v) is 11.4. The van der Waals surface area contributed by atoms with E-state index in [-0.39, 0.29) is 30.4 Å². The minimum atomic E-state index is -0.405. The number of nitriles is 1. The van der Waals surface area contributed by atoms with E-state index in [1.165, 1.54) is 31.4 Å². The summed E-state index contributed by atoms with van der Waals surface area (Å²) in [5.41, 5.74) is 0.320. The average Bonchev–Trinajstić information content (AvgIpc) is 2.66. The summed E-state index contributed by atoms with van der Waals surface area (Å²) in [7, 11) is 1.82. The molecule has 0 radical (unpaired) electrons. The van der Waals surface area contributed by atoms with Crippen LogP contribution in [0.4, 0.5) is 10.1 Å². The molecule has 31 heavy (non-hydrogen) atoms. The van der Waals surface area contributed by atoms with Gasteiger partial charge >= 0.3 is 0 Å². The Kier molecular flexibility index (Phi) is 6.29. The standard InChI is InChI=1S/C24H31FN4O2/c1-28(15-22(30)27-21-5-2-4-20(25)11-21)16-23(31)29(7-3-6-26)24-12-17-8-18(13-24)10-19(9-17)14-24/h2,4-5,11,17-19H,3,7-10,12-16H2,1H3,(H,27,30)/p+1. The van der Waals surface area contributed by atoms with Crippen LogP contribution in [0.3, 0.4) is 0 Å². The number of carbonyl (C=O) groups excluding carboxylic acids is 2. The van der Waals surface area contributed by atoms with Crippen molar-refractivity contribution in [1.29, 1.82) is 5.26 Å². The van der Waals surface area contributed by atoms with Gasteiger partial charge < -0.3 is 15.1 Å². The highest BCUT2D eigenvalue weighted by Gasteiger charge is 2.54. The molecule has 0 spiro atoms. The zero-order valence-electron chi connectivity index (χ0n) is 18.2. The van der Waals surface area contributed by atoms with Gasteiger partial charge in [0.05, 0.1) is 19.5 Å². The van der Waals surface area contributed by atoms with Gasteiger partial charge in [-0.2, -0.15) is 5.26 Å². The molecule has 1 atom stereocenters. The molecule has 2 N–H and O–H groups in total. The van der Waals surface area contributed by atoms with Crippen molar-refractivity contribution in [1.82, 2.24) is 4.90 Å². The van der Waals surface area contributed by atoms with Crippen molar-refractivity contribution >= 4 is 17.5 Å². The van der Waals surface area contributed by atoms with Crippen LogP contribution < -0.4 is 10.2 Å². The predicted octanol–water partition coefficient (Wildman–Crippen LogP) is 1.99. The summed E-state index contributed by atoms with van der Waals surface area (Å²) in [5.74, 6) is 1.52. The average molecular weight is 428 g/mol. The van der Waals surface area contributed by atoms with E-state index < -0.39 is 5.82 Å². The van der Waals surface area contributed by atoms with Crippen molar-refractivity contribution in [2.75, 3.05) is 32.0 Å². The fourth-order valence-electron chi connectivity index (χ4n) is 6.65. The molecule has 2 amide bonds. The Labute approximate surface area is 183 Å². The van der Waals surface area contributed by atoms with Crippen molar-refractivity contribution < 1.29 is 18.9 Å². The Balaban J connectivity index is 1.38. The normalized spacial score (nSPS) is 29.3. The largest absolute Gasteiger partial charge is 0.331 e. The molecular formula is C24H32FN4O2+. The molecule has 0 aromatic heterocycles. The number of nitrogens with one attached hydrogen (secondary N) is 2. The van der Waals surface area contributed by atoms with Crippen molar-refractivity contribution in [3.05, 3.63) is 30.1 Å². The number of amides is 2. The van der Waals surface area contributed by atoms with E-state index in [4.69, 9.17) is 5.26 Å². The molecular weight excluding hydrogens is 395 g/mol. The molecule has 166 valence electrons. The van der Waals surface area contributed by atoms with Gasteiger partial charge in [-0.25, -0.2) is 4.39 Å². The van der Waals surface area contributed by atoms with Crippen LogP contribution in [0.5, 0.6) is 0 Å². The third kappa shape index (κ3) is 4.90. The summed E-state index contributed by atoms with van der Waals surface area (Å²) < 4.78 is 13.3. The summed E-state index contributed by atoms with van der Waals surface area (Å²) in [6.45, 7) is 0.809. The Morgan fingerprint density at radius 2 is 1.84 bits per heavy atom. The minimum absolute atomic E-state index is 0.0354. The zero-order chi connectivity index (χ0) is 22.0. The first-order valence-electron chi connectivity index (χ1n) is 11.4. The fraction of sp³-hybridized carbons (Fsp3) is 0.625. The highest BCUT2D eigenvalue weighted by molar-refractivity contribution is 5.91. The van der Waals surface area contributed by atoms with Crippen LogP contribution in [0.1, 0.15) is 44.9 Å². The number of hydrogen-bond acceptors (Lipinski definition) is 3. The Bertz CT molecular complexity index is 845. The van der Waals surface area contributed by atoms with E-state index in [0.29, 0.717) is 36.4 Å². The molecule has 0 aliphatic heterocycles. The van der Waals surface area contributed by atoms with Crippen molar-refractivity contribution in [3.63, 3.8) is 0 Å². The van der Waals surface area contributed by atoms with Crippen LogP contribution in [0.25, 0.3) is 0 Å². The third-order valence-corrected chi connectivity index (χ3v) is 7.35. The van der Waals surface area contributed by atoms with E-state index >= 15 is 0 Å². The molecule has 1 aromatic carbocycles. The number of benzene rings is 1. The lowest BCUT2D eigenvalue weighted by molar-refractivity contribution is -0.862. The maximum Gasteiger partial charge on any atom is 0.279 e. The summed E-state index contributed by atoms with van der Waals surface area (Å²) in [5, 5.41) is 11.9. The second kappa shape index (κ2) is 8.96. The molecule has 5 rings (SSSR count). The van der Waals surface area contributed by atoms with Crippen LogP contribution in [0.2, 0.25) is 0 Å². The summed E-state index contributed by atoms with van der Waals surface area (Å²) in [4.78, 5) is 28.5. The van der Waals surface area contributed by atoms with Gasteiger partial charge in [-0.1, -0.05) is 6.07 Å². The van der Waals surface area contributed by atoms with Crippen LogP contribution >= 0.6 is 0 Å². The Hall–Kier alpha value is -2.46. The molecule has 4 fully saturated rings. The second-order valence-corrected chi connectivity index (χ2v) is 9.96. The van der Waals surface area contributed by atoms with Crippen LogP contribution in [-0.4, -0.2) is 48.9 Å². The van der Waals surface area contributed by atoms with Gasteiger partial charge in [-0.15, -0.1) is 0 Å². The predicted molar refractivity (Wildman–Crippen MR) is 114 cm³/mol. The number of rotatable bonds is 8. The Morgan fingerprint density at radius 1 is 1.19 bits per heavy atom. The van der Waals surface area contributed by atoms with Crippen LogP contribution in [-0.2, 0) is 9.59 Å². The van der Waals surface area contributed by atoms with E-state index in [0.717, 1.165) is 24.2 Å². The topological polar surface area (TPSA) is 77.6 Å². The number of quaternary nitrogens is 1. The van der Waals surface area contributed by atoms with E-state index in [1.54, 1.807) is 12.1 Å². The summed E-state index contributed by atoms with van der Waals surface area (Å²) in [6, 6.07) is 7.99. The third-order valence-electron chi connectivity index (χ3n) is 7.35. The van der Waals surface area contributed by atoms with E-state index in [2.05, 4.69) is 11.4 Å². The highest BCUT2D eigenvalue weighted by Crippen LogP contribution is 2.57.